The standard InChI is InChI=1S/C15H18BrClN2S/c1-9(17)15-18-13-6-3-10(16)7-14(13)19(15)11-4-5-12(8-11)20-2/h3,6-7,9,11-12H,4-5,8H2,1-2H3. The van der Waals surface area contributed by atoms with Gasteiger partial charge in [-0.25, -0.2) is 4.98 Å². The van der Waals surface area contributed by atoms with Crippen molar-refractivity contribution in [3.8, 4) is 0 Å². The van der Waals surface area contributed by atoms with Crippen LogP contribution in [0.4, 0.5) is 0 Å². The Balaban J connectivity index is 2.11. The summed E-state index contributed by atoms with van der Waals surface area (Å²) in [5.74, 6) is 1.01. The Kier molecular flexibility index (Phi) is 4.34. The number of imidazole rings is 1. The Hall–Kier alpha value is -0.190. The number of rotatable bonds is 3. The first-order chi connectivity index (χ1) is 9.60. The molecule has 3 atom stereocenters. The Morgan fingerprint density at radius 1 is 1.45 bits per heavy atom. The average molecular weight is 374 g/mol. The van der Waals surface area contributed by atoms with Crippen LogP contribution in [0.5, 0.6) is 0 Å². The smallest absolute Gasteiger partial charge is 0.127 e. The molecule has 1 aliphatic rings. The van der Waals surface area contributed by atoms with Gasteiger partial charge in [0.1, 0.15) is 5.82 Å². The van der Waals surface area contributed by atoms with Crippen LogP contribution in [0.25, 0.3) is 11.0 Å². The minimum Gasteiger partial charge on any atom is -0.324 e. The van der Waals surface area contributed by atoms with Crippen molar-refractivity contribution in [3.63, 3.8) is 0 Å². The third-order valence-corrected chi connectivity index (χ3v) is 5.87. The van der Waals surface area contributed by atoms with Gasteiger partial charge in [-0.15, -0.1) is 11.6 Å². The third kappa shape index (κ3) is 2.62. The van der Waals surface area contributed by atoms with Crippen molar-refractivity contribution in [2.24, 2.45) is 0 Å². The third-order valence-electron chi connectivity index (χ3n) is 4.09. The lowest BCUT2D eigenvalue weighted by Crippen LogP contribution is -2.10. The molecule has 2 nitrogen and oxygen atoms in total. The van der Waals surface area contributed by atoms with Crippen LogP contribution < -0.4 is 0 Å². The van der Waals surface area contributed by atoms with Gasteiger partial charge >= 0.3 is 0 Å². The summed E-state index contributed by atoms with van der Waals surface area (Å²) in [4.78, 5) is 4.75. The van der Waals surface area contributed by atoms with Crippen molar-refractivity contribution < 1.29 is 0 Å². The predicted molar refractivity (Wildman–Crippen MR) is 91.9 cm³/mol. The molecule has 108 valence electrons. The molecule has 1 heterocycles. The quantitative estimate of drug-likeness (QED) is 0.656. The van der Waals surface area contributed by atoms with Gasteiger partial charge in [0.05, 0.1) is 16.4 Å². The van der Waals surface area contributed by atoms with Crippen LogP contribution in [-0.2, 0) is 0 Å². The maximum Gasteiger partial charge on any atom is 0.127 e. The van der Waals surface area contributed by atoms with Crippen molar-refractivity contribution in [3.05, 3.63) is 28.5 Å². The summed E-state index contributed by atoms with van der Waals surface area (Å²) >= 11 is 11.9. The molecule has 0 spiro atoms. The average Bonchev–Trinajstić information content (AvgIpc) is 3.01. The lowest BCUT2D eigenvalue weighted by molar-refractivity contribution is 0.511. The molecule has 0 radical (unpaired) electrons. The van der Waals surface area contributed by atoms with Crippen molar-refractivity contribution in [1.29, 1.82) is 0 Å². The van der Waals surface area contributed by atoms with Crippen LogP contribution in [-0.4, -0.2) is 21.1 Å². The molecular weight excluding hydrogens is 356 g/mol. The van der Waals surface area contributed by atoms with Gasteiger partial charge in [0.2, 0.25) is 0 Å². The highest BCUT2D eigenvalue weighted by Crippen LogP contribution is 2.40. The molecule has 0 aliphatic heterocycles. The molecule has 0 bridgehead atoms. The Morgan fingerprint density at radius 2 is 2.25 bits per heavy atom. The maximum atomic E-state index is 6.37. The molecule has 1 aromatic heterocycles. The molecule has 1 aliphatic carbocycles. The summed E-state index contributed by atoms with van der Waals surface area (Å²) in [6.45, 7) is 2.01. The zero-order valence-corrected chi connectivity index (χ0v) is 14.8. The fourth-order valence-corrected chi connectivity index (χ4v) is 4.40. The van der Waals surface area contributed by atoms with Crippen molar-refractivity contribution in [1.82, 2.24) is 9.55 Å². The maximum absolute atomic E-state index is 6.37. The minimum absolute atomic E-state index is 0.0606. The minimum atomic E-state index is -0.0606. The Morgan fingerprint density at radius 3 is 2.90 bits per heavy atom. The first kappa shape index (κ1) is 14.7. The van der Waals surface area contributed by atoms with Crippen molar-refractivity contribution in [2.45, 2.75) is 42.9 Å². The van der Waals surface area contributed by atoms with E-state index in [-0.39, 0.29) is 5.38 Å². The molecule has 0 N–H and O–H groups in total. The van der Waals surface area contributed by atoms with Gasteiger partial charge in [-0.1, -0.05) is 15.9 Å². The second-order valence-corrected chi connectivity index (χ2v) is 8.12. The number of nitrogens with zero attached hydrogens (tertiary/aromatic N) is 2. The molecule has 0 amide bonds. The van der Waals surface area contributed by atoms with E-state index in [1.54, 1.807) is 0 Å². The fourth-order valence-electron chi connectivity index (χ4n) is 3.12. The van der Waals surface area contributed by atoms with E-state index in [1.165, 1.54) is 24.8 Å². The largest absolute Gasteiger partial charge is 0.324 e. The highest BCUT2D eigenvalue weighted by Gasteiger charge is 2.29. The highest BCUT2D eigenvalue weighted by molar-refractivity contribution is 9.10. The van der Waals surface area contributed by atoms with E-state index in [2.05, 4.69) is 38.9 Å². The van der Waals surface area contributed by atoms with Crippen LogP contribution >= 0.6 is 39.3 Å². The first-order valence-electron chi connectivity index (χ1n) is 6.94. The van der Waals surface area contributed by atoms with Crippen LogP contribution in [0.1, 0.15) is 43.4 Å². The van der Waals surface area contributed by atoms with Crippen molar-refractivity contribution >= 4 is 50.3 Å². The van der Waals surface area contributed by atoms with Gasteiger partial charge in [0.25, 0.3) is 0 Å². The SMILES string of the molecule is CSC1CCC(n2c(C(C)Cl)nc3ccc(Br)cc32)C1. The summed E-state index contributed by atoms with van der Waals surface area (Å²) in [6, 6.07) is 6.81. The second kappa shape index (κ2) is 5.90. The van der Waals surface area contributed by atoms with Gasteiger partial charge in [-0.2, -0.15) is 11.8 Å². The van der Waals surface area contributed by atoms with Gasteiger partial charge in [-0.3, -0.25) is 0 Å². The summed E-state index contributed by atoms with van der Waals surface area (Å²) in [5, 5.41) is 0.706. The Labute approximate surface area is 137 Å². The van der Waals surface area contributed by atoms with Crippen LogP contribution in [0.3, 0.4) is 0 Å². The number of hydrogen-bond donors (Lipinski definition) is 0. The number of aromatic nitrogens is 2. The predicted octanol–water partition coefficient (Wildman–Crippen LogP) is 5.56. The highest BCUT2D eigenvalue weighted by atomic mass is 79.9. The summed E-state index contributed by atoms with van der Waals surface area (Å²) in [6.07, 6.45) is 5.94. The van der Waals surface area contributed by atoms with Gasteiger partial charge < -0.3 is 4.57 Å². The van der Waals surface area contributed by atoms with E-state index in [0.29, 0.717) is 6.04 Å². The number of alkyl halides is 1. The molecule has 1 fully saturated rings. The van der Waals surface area contributed by atoms with E-state index in [4.69, 9.17) is 16.6 Å². The number of halogens is 2. The topological polar surface area (TPSA) is 17.8 Å². The molecule has 2 aromatic rings. The zero-order valence-electron chi connectivity index (χ0n) is 11.6. The Bertz CT molecular complexity index is 626. The van der Waals surface area contributed by atoms with E-state index in [9.17, 15) is 0 Å². The van der Waals surface area contributed by atoms with Crippen LogP contribution in [0, 0.1) is 0 Å². The van der Waals surface area contributed by atoms with E-state index in [1.807, 2.05) is 24.8 Å². The molecule has 20 heavy (non-hydrogen) atoms. The molecular formula is C15H18BrClN2S. The lowest BCUT2D eigenvalue weighted by atomic mass is 10.2. The molecule has 1 aromatic carbocycles. The molecule has 5 heteroatoms. The van der Waals surface area contributed by atoms with Gasteiger partial charge in [0, 0.05) is 15.8 Å². The number of hydrogen-bond acceptors (Lipinski definition) is 2. The lowest BCUT2D eigenvalue weighted by Gasteiger charge is -2.18. The van der Waals surface area contributed by atoms with Crippen LogP contribution in [0.15, 0.2) is 22.7 Å². The molecule has 1 saturated carbocycles. The normalized spacial score (nSPS) is 24.4. The van der Waals surface area contributed by atoms with Crippen LogP contribution in [0.2, 0.25) is 0 Å². The molecule has 3 rings (SSSR count). The number of thioether (sulfide) groups is 1. The van der Waals surface area contributed by atoms with Gasteiger partial charge in [0.15, 0.2) is 0 Å². The summed E-state index contributed by atoms with van der Waals surface area (Å²) < 4.78 is 3.48. The van der Waals surface area contributed by atoms with Gasteiger partial charge in [-0.05, 0) is 50.6 Å². The zero-order chi connectivity index (χ0) is 14.3. The first-order valence-corrected chi connectivity index (χ1v) is 9.46. The monoisotopic (exact) mass is 372 g/mol. The fraction of sp³-hybridized carbons (Fsp3) is 0.533. The molecule has 3 unspecified atom stereocenters. The second-order valence-electron chi connectivity index (χ2n) is 5.41. The number of benzene rings is 1. The summed E-state index contributed by atoms with van der Waals surface area (Å²) in [7, 11) is 0. The molecule has 0 saturated heterocycles. The van der Waals surface area contributed by atoms with E-state index >= 15 is 0 Å². The van der Waals surface area contributed by atoms with E-state index < -0.39 is 0 Å². The number of fused-ring (bicyclic) bond motifs is 1. The summed E-state index contributed by atoms with van der Waals surface area (Å²) in [5.41, 5.74) is 2.25. The van der Waals surface area contributed by atoms with Crippen molar-refractivity contribution in [2.75, 3.05) is 6.26 Å². The van der Waals surface area contributed by atoms with E-state index in [0.717, 1.165) is 21.1 Å².